The van der Waals surface area contributed by atoms with Gasteiger partial charge in [0, 0.05) is 5.56 Å². The second-order valence-electron chi connectivity index (χ2n) is 7.24. The van der Waals surface area contributed by atoms with Crippen LogP contribution in [0.15, 0.2) is 71.5 Å². The van der Waals surface area contributed by atoms with E-state index in [0.29, 0.717) is 31.8 Å². The van der Waals surface area contributed by atoms with E-state index < -0.39 is 11.8 Å². The van der Waals surface area contributed by atoms with Crippen molar-refractivity contribution in [2.24, 2.45) is 5.10 Å². The average molecular weight is 585 g/mol. The van der Waals surface area contributed by atoms with Crippen LogP contribution in [0.1, 0.15) is 21.5 Å². The Hall–Kier alpha value is -4.06. The van der Waals surface area contributed by atoms with Gasteiger partial charge in [-0.2, -0.15) is 5.10 Å². The minimum Gasteiger partial charge on any atom is -0.504 e. The van der Waals surface area contributed by atoms with Crippen LogP contribution in [0.4, 0.5) is 0 Å². The van der Waals surface area contributed by atoms with Crippen molar-refractivity contribution in [1.29, 1.82) is 0 Å². The van der Waals surface area contributed by atoms with Gasteiger partial charge in [0.05, 0.1) is 16.9 Å². The number of carbonyl (C=O) groups excluding carboxylic acids is 2. The molecule has 35 heavy (non-hydrogen) atoms. The number of benzene rings is 3. The first-order chi connectivity index (χ1) is 16.9. The van der Waals surface area contributed by atoms with Crippen molar-refractivity contribution in [2.45, 2.75) is 0 Å². The number of hydrogen-bond donors (Lipinski definition) is 3. The lowest BCUT2D eigenvalue weighted by molar-refractivity contribution is -0.117. The van der Waals surface area contributed by atoms with Crippen molar-refractivity contribution in [3.63, 3.8) is 0 Å². The van der Waals surface area contributed by atoms with Crippen molar-refractivity contribution in [3.05, 3.63) is 86.6 Å². The van der Waals surface area contributed by atoms with Crippen molar-refractivity contribution < 1.29 is 28.9 Å². The predicted octanol–water partition coefficient (Wildman–Crippen LogP) is 3.66. The van der Waals surface area contributed by atoms with E-state index in [4.69, 9.17) is 14.2 Å². The highest BCUT2D eigenvalue weighted by Gasteiger charge is 2.17. The first-order valence-electron chi connectivity index (χ1n) is 10.3. The van der Waals surface area contributed by atoms with E-state index in [2.05, 4.69) is 15.8 Å². The third-order valence-electron chi connectivity index (χ3n) is 4.89. The fraction of sp³-hybridized carbons (Fsp3) is 0.0800. The van der Waals surface area contributed by atoms with Crippen LogP contribution in [0.2, 0.25) is 0 Å². The molecule has 0 spiro atoms. The van der Waals surface area contributed by atoms with Crippen molar-refractivity contribution >= 4 is 46.7 Å². The normalized spacial score (nSPS) is 12.5. The Morgan fingerprint density at radius 1 is 1.06 bits per heavy atom. The van der Waals surface area contributed by atoms with Gasteiger partial charge >= 0.3 is 0 Å². The summed E-state index contributed by atoms with van der Waals surface area (Å²) in [5.41, 5.74) is 4.01. The minimum atomic E-state index is -0.636. The molecule has 9 nitrogen and oxygen atoms in total. The summed E-state index contributed by atoms with van der Waals surface area (Å²) in [6, 6.07) is 17.0. The number of nitrogens with one attached hydrogen (secondary N) is 2. The number of carbonyl (C=O) groups is 2. The van der Waals surface area contributed by atoms with Gasteiger partial charge in [-0.1, -0.05) is 24.3 Å². The largest absolute Gasteiger partial charge is 0.504 e. The molecule has 0 fully saturated rings. The lowest BCUT2D eigenvalue weighted by Crippen LogP contribution is -2.32. The molecule has 1 aliphatic heterocycles. The van der Waals surface area contributed by atoms with Crippen LogP contribution in [0, 0.1) is 3.57 Å². The number of fused-ring (bicyclic) bond motifs is 1. The molecule has 1 aliphatic rings. The Morgan fingerprint density at radius 2 is 1.83 bits per heavy atom. The number of rotatable bonds is 7. The van der Waals surface area contributed by atoms with Crippen LogP contribution >= 0.6 is 22.6 Å². The molecule has 178 valence electrons. The second kappa shape index (κ2) is 10.9. The van der Waals surface area contributed by atoms with E-state index in [1.807, 2.05) is 22.6 Å². The molecule has 1 heterocycles. The monoisotopic (exact) mass is 585 g/mol. The van der Waals surface area contributed by atoms with Gasteiger partial charge in [-0.15, -0.1) is 0 Å². The first kappa shape index (κ1) is 24.1. The summed E-state index contributed by atoms with van der Waals surface area (Å²) in [6.07, 6.45) is 2.92. The lowest BCUT2D eigenvalue weighted by atomic mass is 10.1. The molecule has 0 atom stereocenters. The quantitative estimate of drug-likeness (QED) is 0.169. The number of phenolic OH excluding ortho intramolecular Hbond substituents is 1. The number of nitrogens with zero attached hydrogens (tertiary/aromatic N) is 1. The average Bonchev–Trinajstić information content (AvgIpc) is 3.34. The van der Waals surface area contributed by atoms with E-state index in [-0.39, 0.29) is 24.0 Å². The molecule has 0 bridgehead atoms. The van der Waals surface area contributed by atoms with E-state index in [1.54, 1.807) is 60.7 Å². The summed E-state index contributed by atoms with van der Waals surface area (Å²) in [5.74, 6) is 0.361. The van der Waals surface area contributed by atoms with Gasteiger partial charge in [-0.25, -0.2) is 5.43 Å². The Morgan fingerprint density at radius 3 is 2.60 bits per heavy atom. The Bertz CT molecular complexity index is 1320. The molecule has 10 heteroatoms. The molecule has 3 aromatic rings. The third kappa shape index (κ3) is 5.90. The molecular weight excluding hydrogens is 565 g/mol. The Labute approximate surface area is 214 Å². The summed E-state index contributed by atoms with van der Waals surface area (Å²) < 4.78 is 16.4. The summed E-state index contributed by atoms with van der Waals surface area (Å²) >= 11 is 1.96. The maximum atomic E-state index is 13.0. The van der Waals surface area contributed by atoms with Crippen LogP contribution in [0.5, 0.6) is 23.0 Å². The Kier molecular flexibility index (Phi) is 7.51. The van der Waals surface area contributed by atoms with E-state index in [1.165, 1.54) is 19.4 Å². The lowest BCUT2D eigenvalue weighted by Gasteiger charge is -2.10. The van der Waals surface area contributed by atoms with Crippen molar-refractivity contribution in [1.82, 2.24) is 10.7 Å². The number of hydrazone groups is 1. The topological polar surface area (TPSA) is 118 Å². The highest BCUT2D eigenvalue weighted by atomic mass is 127. The zero-order valence-electron chi connectivity index (χ0n) is 18.4. The highest BCUT2D eigenvalue weighted by Crippen LogP contribution is 2.33. The fourth-order valence-electron chi connectivity index (χ4n) is 3.16. The summed E-state index contributed by atoms with van der Waals surface area (Å²) in [7, 11) is 1.44. The van der Waals surface area contributed by atoms with Gasteiger partial charge in [-0.3, -0.25) is 9.59 Å². The molecule has 0 unspecified atom stereocenters. The van der Waals surface area contributed by atoms with Gasteiger partial charge in [0.25, 0.3) is 11.8 Å². The third-order valence-corrected chi connectivity index (χ3v) is 5.71. The smallest absolute Gasteiger partial charge is 0.287 e. The van der Waals surface area contributed by atoms with Crippen molar-refractivity contribution in [2.75, 3.05) is 13.9 Å². The van der Waals surface area contributed by atoms with Crippen LogP contribution in [-0.4, -0.2) is 37.0 Å². The number of amides is 2. The molecule has 0 saturated heterocycles. The molecular formula is C25H20IN3O6. The van der Waals surface area contributed by atoms with E-state index in [0.717, 1.165) is 0 Å². The minimum absolute atomic E-state index is 0.0202. The standard InChI is InChI=1S/C25H20IN3O6/c1-33-22-12-16(9-18(26)23(22)30)13-27-29-25(32)19(28-24(31)17-5-3-2-4-6-17)10-15-7-8-20-21(11-15)35-14-34-20/h2-13,30H,14H2,1H3,(H,28,31)(H,29,32)/b19-10+,27-13-. The number of hydrogen-bond acceptors (Lipinski definition) is 7. The molecule has 0 radical (unpaired) electrons. The Balaban J connectivity index is 1.56. The molecule has 0 aliphatic carbocycles. The van der Waals surface area contributed by atoms with Crippen LogP contribution in [0.25, 0.3) is 6.08 Å². The molecule has 4 rings (SSSR count). The van der Waals surface area contributed by atoms with Gasteiger partial charge < -0.3 is 24.6 Å². The molecule has 0 aromatic heterocycles. The number of ether oxygens (including phenoxy) is 3. The number of methoxy groups -OCH3 is 1. The maximum Gasteiger partial charge on any atom is 0.287 e. The maximum absolute atomic E-state index is 13.0. The fourth-order valence-corrected chi connectivity index (χ4v) is 3.79. The predicted molar refractivity (Wildman–Crippen MR) is 138 cm³/mol. The summed E-state index contributed by atoms with van der Waals surface area (Å²) in [6.45, 7) is 0.121. The van der Waals surface area contributed by atoms with E-state index in [9.17, 15) is 14.7 Å². The number of aromatic hydroxyl groups is 1. The van der Waals surface area contributed by atoms with Crippen LogP contribution in [-0.2, 0) is 4.79 Å². The van der Waals surface area contributed by atoms with E-state index >= 15 is 0 Å². The number of phenols is 1. The zero-order chi connectivity index (χ0) is 24.8. The molecule has 3 N–H and O–H groups in total. The van der Waals surface area contributed by atoms with Crippen LogP contribution < -0.4 is 25.0 Å². The molecule has 2 amide bonds. The zero-order valence-corrected chi connectivity index (χ0v) is 20.6. The van der Waals surface area contributed by atoms with Crippen molar-refractivity contribution in [3.8, 4) is 23.0 Å². The SMILES string of the molecule is COc1cc(/C=N\NC(=O)/C(=C\c2ccc3c(c2)OCO3)NC(=O)c2ccccc2)cc(I)c1O. The molecule has 0 saturated carbocycles. The van der Waals surface area contributed by atoms with Gasteiger partial charge in [0.2, 0.25) is 6.79 Å². The number of halogens is 1. The summed E-state index contributed by atoms with van der Waals surface area (Å²) in [5, 5.41) is 16.6. The van der Waals surface area contributed by atoms with Gasteiger partial charge in [0.1, 0.15) is 5.70 Å². The van der Waals surface area contributed by atoms with Gasteiger partial charge in [0.15, 0.2) is 23.0 Å². The van der Waals surface area contributed by atoms with Gasteiger partial charge in [-0.05, 0) is 76.2 Å². The van der Waals surface area contributed by atoms with Crippen LogP contribution in [0.3, 0.4) is 0 Å². The molecule has 3 aromatic carbocycles. The highest BCUT2D eigenvalue weighted by molar-refractivity contribution is 14.1. The summed E-state index contributed by atoms with van der Waals surface area (Å²) in [4.78, 5) is 25.7. The second-order valence-corrected chi connectivity index (χ2v) is 8.41. The first-order valence-corrected chi connectivity index (χ1v) is 11.4.